The van der Waals surface area contributed by atoms with Crippen LogP contribution in [0.2, 0.25) is 5.02 Å². The van der Waals surface area contributed by atoms with E-state index in [0.717, 1.165) is 38.0 Å². The van der Waals surface area contributed by atoms with Crippen molar-refractivity contribution in [2.75, 3.05) is 18.4 Å². The molecule has 1 unspecified atom stereocenters. The van der Waals surface area contributed by atoms with Gasteiger partial charge >= 0.3 is 0 Å². The van der Waals surface area contributed by atoms with Gasteiger partial charge in [0.25, 0.3) is 5.69 Å². The van der Waals surface area contributed by atoms with Crippen molar-refractivity contribution >= 4 is 23.0 Å². The highest BCUT2D eigenvalue weighted by Crippen LogP contribution is 2.34. The maximum Gasteiger partial charge on any atom is 0.292 e. The maximum absolute atomic E-state index is 11.3. The largest absolute Gasteiger partial charge is 0.375 e. The molecule has 1 heterocycles. The zero-order chi connectivity index (χ0) is 17.8. The second-order valence-electron chi connectivity index (χ2n) is 6.53. The molecule has 25 heavy (non-hydrogen) atoms. The minimum Gasteiger partial charge on any atom is -0.375 e. The Morgan fingerprint density at radius 2 is 2.04 bits per heavy atom. The summed E-state index contributed by atoms with van der Waals surface area (Å²) in [6.07, 6.45) is 2.06. The number of nitrogens with zero attached hydrogens (tertiary/aromatic N) is 2. The number of nitro groups is 1. The van der Waals surface area contributed by atoms with Crippen LogP contribution in [0.4, 0.5) is 11.4 Å². The first kappa shape index (κ1) is 17.7. The summed E-state index contributed by atoms with van der Waals surface area (Å²) in [5.41, 5.74) is 2.65. The Balaban J connectivity index is 1.73. The molecule has 0 aromatic heterocycles. The molecule has 0 aliphatic carbocycles. The number of rotatable bonds is 5. The van der Waals surface area contributed by atoms with Crippen LogP contribution in [0, 0.1) is 17.0 Å². The van der Waals surface area contributed by atoms with Crippen molar-refractivity contribution in [3.8, 4) is 0 Å². The van der Waals surface area contributed by atoms with E-state index in [1.54, 1.807) is 6.07 Å². The van der Waals surface area contributed by atoms with E-state index in [9.17, 15) is 10.1 Å². The number of halogens is 1. The van der Waals surface area contributed by atoms with Gasteiger partial charge in [-0.05, 0) is 43.5 Å². The van der Waals surface area contributed by atoms with Gasteiger partial charge in [0.05, 0.1) is 4.92 Å². The lowest BCUT2D eigenvalue weighted by Crippen LogP contribution is -2.41. The Bertz CT molecular complexity index is 752. The quantitative estimate of drug-likeness (QED) is 0.624. The van der Waals surface area contributed by atoms with Gasteiger partial charge in [0, 0.05) is 30.2 Å². The van der Waals surface area contributed by atoms with Gasteiger partial charge in [-0.3, -0.25) is 15.0 Å². The summed E-state index contributed by atoms with van der Waals surface area (Å²) < 4.78 is 0. The van der Waals surface area contributed by atoms with Crippen LogP contribution >= 0.6 is 11.6 Å². The fraction of sp³-hybridized carbons (Fsp3) is 0.368. The van der Waals surface area contributed by atoms with Crippen LogP contribution in [0.5, 0.6) is 0 Å². The number of likely N-dealkylation sites (tertiary alicyclic amines) is 1. The number of hydrogen-bond donors (Lipinski definition) is 1. The summed E-state index contributed by atoms with van der Waals surface area (Å²) in [4.78, 5) is 13.4. The van der Waals surface area contributed by atoms with Crippen LogP contribution in [0.3, 0.4) is 0 Å². The van der Waals surface area contributed by atoms with Crippen LogP contribution in [0.25, 0.3) is 0 Å². The Hall–Kier alpha value is -2.11. The minimum absolute atomic E-state index is 0.0853. The molecule has 1 fully saturated rings. The first-order valence-corrected chi connectivity index (χ1v) is 8.88. The van der Waals surface area contributed by atoms with Crippen LogP contribution in [0.15, 0.2) is 42.5 Å². The molecule has 2 aromatic rings. The first-order chi connectivity index (χ1) is 12.0. The van der Waals surface area contributed by atoms with E-state index >= 15 is 0 Å². The molecule has 132 valence electrons. The Labute approximate surface area is 152 Å². The molecule has 1 aliphatic rings. The molecular weight excluding hydrogens is 338 g/mol. The summed E-state index contributed by atoms with van der Waals surface area (Å²) in [6.45, 7) is 4.62. The summed E-state index contributed by atoms with van der Waals surface area (Å²) in [7, 11) is 0. The smallest absolute Gasteiger partial charge is 0.292 e. The molecule has 0 bridgehead atoms. The topological polar surface area (TPSA) is 58.4 Å². The second-order valence-corrected chi connectivity index (χ2v) is 6.94. The summed E-state index contributed by atoms with van der Waals surface area (Å²) in [5, 5.41) is 15.3. The molecule has 3 rings (SSSR count). The molecule has 6 heteroatoms. The van der Waals surface area contributed by atoms with E-state index in [1.165, 1.54) is 11.6 Å². The zero-order valence-corrected chi connectivity index (χ0v) is 15.0. The predicted octanol–water partition coefficient (Wildman–Crippen LogP) is 4.63. The molecule has 1 N–H and O–H groups in total. The monoisotopic (exact) mass is 359 g/mol. The van der Waals surface area contributed by atoms with Gasteiger partial charge in [0.1, 0.15) is 5.69 Å². The molecule has 0 saturated carbocycles. The molecular formula is C19H22ClN3O2. The van der Waals surface area contributed by atoms with Crippen molar-refractivity contribution in [2.45, 2.75) is 32.4 Å². The van der Waals surface area contributed by atoms with Gasteiger partial charge in [0.15, 0.2) is 0 Å². The predicted molar refractivity (Wildman–Crippen MR) is 101 cm³/mol. The lowest BCUT2D eigenvalue weighted by Gasteiger charge is -2.34. The third-order valence-corrected chi connectivity index (χ3v) is 5.09. The molecule has 0 amide bonds. The standard InChI is InChI=1S/C19H22ClN3O2/c1-14-17(20)9-10-18(23(24)25)19(14)21-16-8-5-11-22(13-16)12-15-6-3-2-4-7-15/h2-4,6-7,9-10,16,21H,5,8,11-13H2,1H3. The van der Waals surface area contributed by atoms with Crippen molar-refractivity contribution in [3.05, 3.63) is 68.7 Å². The average molecular weight is 360 g/mol. The summed E-state index contributed by atoms with van der Waals surface area (Å²) in [5.74, 6) is 0. The highest BCUT2D eigenvalue weighted by atomic mass is 35.5. The third kappa shape index (κ3) is 4.30. The fourth-order valence-electron chi connectivity index (χ4n) is 3.37. The van der Waals surface area contributed by atoms with Gasteiger partial charge in [-0.25, -0.2) is 0 Å². The number of nitro benzene ring substituents is 1. The van der Waals surface area contributed by atoms with Gasteiger partial charge in [-0.1, -0.05) is 41.9 Å². The van der Waals surface area contributed by atoms with Crippen molar-refractivity contribution < 1.29 is 4.92 Å². The van der Waals surface area contributed by atoms with Crippen molar-refractivity contribution in [2.24, 2.45) is 0 Å². The Kier molecular flexibility index (Phi) is 5.56. The van der Waals surface area contributed by atoms with Crippen molar-refractivity contribution in [1.82, 2.24) is 4.90 Å². The van der Waals surface area contributed by atoms with E-state index in [-0.39, 0.29) is 16.7 Å². The van der Waals surface area contributed by atoms with Crippen LogP contribution in [-0.2, 0) is 6.54 Å². The number of piperidine rings is 1. The first-order valence-electron chi connectivity index (χ1n) is 8.51. The molecule has 1 aliphatic heterocycles. The van der Waals surface area contributed by atoms with Gasteiger partial charge < -0.3 is 5.32 Å². The molecule has 1 saturated heterocycles. The second kappa shape index (κ2) is 7.85. The Morgan fingerprint density at radius 3 is 2.76 bits per heavy atom. The fourth-order valence-corrected chi connectivity index (χ4v) is 3.53. The minimum atomic E-state index is -0.351. The van der Waals surface area contributed by atoms with E-state index < -0.39 is 0 Å². The van der Waals surface area contributed by atoms with E-state index in [2.05, 4.69) is 22.3 Å². The zero-order valence-electron chi connectivity index (χ0n) is 14.2. The SMILES string of the molecule is Cc1c(Cl)ccc([N+](=O)[O-])c1NC1CCCN(Cc2ccccc2)C1. The van der Waals surface area contributed by atoms with Gasteiger partial charge in [-0.15, -0.1) is 0 Å². The number of anilines is 1. The van der Waals surface area contributed by atoms with E-state index in [1.807, 2.05) is 25.1 Å². The highest BCUT2D eigenvalue weighted by molar-refractivity contribution is 6.31. The van der Waals surface area contributed by atoms with Crippen LogP contribution < -0.4 is 5.32 Å². The maximum atomic E-state index is 11.3. The lowest BCUT2D eigenvalue weighted by molar-refractivity contribution is -0.384. The summed E-state index contributed by atoms with van der Waals surface area (Å²) >= 11 is 6.17. The van der Waals surface area contributed by atoms with Gasteiger partial charge in [-0.2, -0.15) is 0 Å². The molecule has 1 atom stereocenters. The third-order valence-electron chi connectivity index (χ3n) is 4.68. The van der Waals surface area contributed by atoms with E-state index in [4.69, 9.17) is 11.6 Å². The highest BCUT2D eigenvalue weighted by Gasteiger charge is 2.24. The van der Waals surface area contributed by atoms with Crippen LogP contribution in [0.1, 0.15) is 24.0 Å². The van der Waals surface area contributed by atoms with Crippen molar-refractivity contribution in [3.63, 3.8) is 0 Å². The van der Waals surface area contributed by atoms with Crippen LogP contribution in [-0.4, -0.2) is 29.0 Å². The van der Waals surface area contributed by atoms with Gasteiger partial charge in [0.2, 0.25) is 0 Å². The normalized spacial score (nSPS) is 18.1. The molecule has 5 nitrogen and oxygen atoms in total. The number of benzene rings is 2. The summed E-state index contributed by atoms with van der Waals surface area (Å²) in [6, 6.07) is 13.6. The average Bonchev–Trinajstić information content (AvgIpc) is 2.60. The number of nitrogens with one attached hydrogen (secondary N) is 1. The molecule has 0 spiro atoms. The van der Waals surface area contributed by atoms with Crippen molar-refractivity contribution in [1.29, 1.82) is 0 Å². The Morgan fingerprint density at radius 1 is 1.28 bits per heavy atom. The molecule has 2 aromatic carbocycles. The molecule has 0 radical (unpaired) electrons. The number of hydrogen-bond acceptors (Lipinski definition) is 4. The lowest BCUT2D eigenvalue weighted by atomic mass is 10.0. The van der Waals surface area contributed by atoms with E-state index in [0.29, 0.717) is 10.7 Å².